The van der Waals surface area contributed by atoms with Crippen molar-refractivity contribution in [3.05, 3.63) is 6.33 Å². The van der Waals surface area contributed by atoms with E-state index in [1.165, 1.54) is 13.4 Å². The van der Waals surface area contributed by atoms with Gasteiger partial charge in [0.2, 0.25) is 11.7 Å². The molecule has 0 aromatic carbocycles. The van der Waals surface area contributed by atoms with Gasteiger partial charge in [0, 0.05) is 20.7 Å². The third-order valence-electron chi connectivity index (χ3n) is 2.60. The fourth-order valence-electron chi connectivity index (χ4n) is 1.55. The summed E-state index contributed by atoms with van der Waals surface area (Å²) >= 11 is 0. The molecule has 0 saturated heterocycles. The van der Waals surface area contributed by atoms with Gasteiger partial charge < -0.3 is 25.4 Å². The van der Waals surface area contributed by atoms with Crippen molar-refractivity contribution < 1.29 is 14.3 Å². The van der Waals surface area contributed by atoms with Gasteiger partial charge in [-0.2, -0.15) is 0 Å². The van der Waals surface area contributed by atoms with E-state index in [1.54, 1.807) is 21.1 Å². The van der Waals surface area contributed by atoms with E-state index >= 15 is 0 Å². The molecule has 0 fully saturated rings. The van der Waals surface area contributed by atoms with Crippen LogP contribution in [-0.4, -0.2) is 56.3 Å². The molecule has 1 aromatic rings. The minimum Gasteiger partial charge on any atom is -0.490 e. The van der Waals surface area contributed by atoms with Gasteiger partial charge in [0.05, 0.1) is 13.7 Å². The van der Waals surface area contributed by atoms with Crippen molar-refractivity contribution in [2.24, 2.45) is 0 Å². The molecule has 0 saturated carbocycles. The van der Waals surface area contributed by atoms with Gasteiger partial charge in [0.25, 0.3) is 0 Å². The molecular formula is C12H21N5O3. The number of carbonyl (C=O) groups excluding carboxylic acids is 1. The Balaban J connectivity index is 2.70. The monoisotopic (exact) mass is 283 g/mol. The molecule has 1 atom stereocenters. The minimum absolute atomic E-state index is 0.145. The second-order valence-electron chi connectivity index (χ2n) is 4.00. The number of nitrogens with one attached hydrogen (secondary N) is 3. The second kappa shape index (κ2) is 8.16. The highest BCUT2D eigenvalue weighted by molar-refractivity contribution is 5.84. The first-order valence-corrected chi connectivity index (χ1v) is 6.24. The zero-order valence-corrected chi connectivity index (χ0v) is 12.2. The number of ether oxygens (including phenoxy) is 2. The average Bonchev–Trinajstić information content (AvgIpc) is 2.46. The topological polar surface area (TPSA) is 97.4 Å². The van der Waals surface area contributed by atoms with Crippen LogP contribution in [0.2, 0.25) is 0 Å². The standard InChI is InChI=1S/C12H21N5O3/c1-8(12(18)14-5-6-19-3)17-11-9(20-4)10(13-2)15-7-16-11/h7-8H,5-6H2,1-4H3,(H,14,18)(H2,13,15,16,17). The highest BCUT2D eigenvalue weighted by atomic mass is 16.5. The molecule has 0 spiro atoms. The fraction of sp³-hybridized carbons (Fsp3) is 0.583. The largest absolute Gasteiger partial charge is 0.490 e. The first-order valence-electron chi connectivity index (χ1n) is 6.24. The van der Waals surface area contributed by atoms with Crippen LogP contribution in [0.5, 0.6) is 5.75 Å². The summed E-state index contributed by atoms with van der Waals surface area (Å²) in [5, 5.41) is 8.64. The molecule has 1 unspecified atom stereocenters. The maximum atomic E-state index is 11.8. The van der Waals surface area contributed by atoms with Gasteiger partial charge in [-0.1, -0.05) is 0 Å². The number of carbonyl (C=O) groups is 1. The van der Waals surface area contributed by atoms with Gasteiger partial charge in [-0.15, -0.1) is 0 Å². The van der Waals surface area contributed by atoms with Gasteiger partial charge in [-0.3, -0.25) is 4.79 Å². The Morgan fingerprint density at radius 2 is 2.05 bits per heavy atom. The van der Waals surface area contributed by atoms with Crippen LogP contribution >= 0.6 is 0 Å². The van der Waals surface area contributed by atoms with Gasteiger partial charge in [-0.05, 0) is 6.92 Å². The van der Waals surface area contributed by atoms with Crippen molar-refractivity contribution in [1.82, 2.24) is 15.3 Å². The predicted octanol–water partition coefficient (Wildman–Crippen LogP) is 0.0899. The molecule has 1 amide bonds. The molecule has 1 heterocycles. The molecule has 0 aliphatic heterocycles. The number of aromatic nitrogens is 2. The SMILES string of the molecule is CNc1ncnc(NC(C)C(=O)NCCOC)c1OC. The Kier molecular flexibility index (Phi) is 6.51. The summed E-state index contributed by atoms with van der Waals surface area (Å²) in [5.74, 6) is 1.33. The number of amides is 1. The molecule has 0 aliphatic rings. The van der Waals surface area contributed by atoms with Crippen molar-refractivity contribution in [2.45, 2.75) is 13.0 Å². The Morgan fingerprint density at radius 3 is 2.65 bits per heavy atom. The normalized spacial score (nSPS) is 11.6. The van der Waals surface area contributed by atoms with Crippen LogP contribution in [-0.2, 0) is 9.53 Å². The summed E-state index contributed by atoms with van der Waals surface area (Å²) in [7, 11) is 4.84. The summed E-state index contributed by atoms with van der Waals surface area (Å²) in [6.45, 7) is 2.67. The smallest absolute Gasteiger partial charge is 0.242 e. The van der Waals surface area contributed by atoms with E-state index in [4.69, 9.17) is 9.47 Å². The number of anilines is 2. The van der Waals surface area contributed by atoms with E-state index in [2.05, 4.69) is 25.9 Å². The average molecular weight is 283 g/mol. The van der Waals surface area contributed by atoms with Crippen molar-refractivity contribution in [1.29, 1.82) is 0 Å². The van der Waals surface area contributed by atoms with Crippen LogP contribution < -0.4 is 20.7 Å². The van der Waals surface area contributed by atoms with Crippen LogP contribution in [0.1, 0.15) is 6.92 Å². The Bertz CT molecular complexity index is 441. The van der Waals surface area contributed by atoms with E-state index in [0.717, 1.165) is 0 Å². The summed E-state index contributed by atoms with van der Waals surface area (Å²) in [4.78, 5) is 20.0. The summed E-state index contributed by atoms with van der Waals surface area (Å²) in [6.07, 6.45) is 1.40. The van der Waals surface area contributed by atoms with Gasteiger partial charge in [-0.25, -0.2) is 9.97 Å². The van der Waals surface area contributed by atoms with Crippen molar-refractivity contribution in [3.8, 4) is 5.75 Å². The lowest BCUT2D eigenvalue weighted by molar-refractivity contribution is -0.121. The lowest BCUT2D eigenvalue weighted by Gasteiger charge is -2.17. The van der Waals surface area contributed by atoms with Gasteiger partial charge >= 0.3 is 0 Å². The number of methoxy groups -OCH3 is 2. The number of nitrogens with zero attached hydrogens (tertiary/aromatic N) is 2. The van der Waals surface area contributed by atoms with Crippen LogP contribution in [0.4, 0.5) is 11.6 Å². The molecule has 8 nitrogen and oxygen atoms in total. The van der Waals surface area contributed by atoms with Crippen LogP contribution in [0.25, 0.3) is 0 Å². The van der Waals surface area contributed by atoms with E-state index in [1.807, 2.05) is 0 Å². The van der Waals surface area contributed by atoms with E-state index in [9.17, 15) is 4.79 Å². The number of rotatable bonds is 8. The highest BCUT2D eigenvalue weighted by Gasteiger charge is 2.17. The third-order valence-corrected chi connectivity index (χ3v) is 2.60. The Morgan fingerprint density at radius 1 is 1.35 bits per heavy atom. The molecule has 0 aliphatic carbocycles. The lowest BCUT2D eigenvalue weighted by Crippen LogP contribution is -2.39. The Hall–Kier alpha value is -2.09. The molecule has 0 bridgehead atoms. The zero-order valence-electron chi connectivity index (χ0n) is 12.2. The Labute approximate surface area is 118 Å². The van der Waals surface area contributed by atoms with Crippen molar-refractivity contribution >= 4 is 17.5 Å². The van der Waals surface area contributed by atoms with Crippen molar-refractivity contribution in [2.75, 3.05) is 45.1 Å². The number of hydrogen-bond donors (Lipinski definition) is 3. The molecule has 112 valence electrons. The fourth-order valence-corrected chi connectivity index (χ4v) is 1.55. The summed E-state index contributed by atoms with van der Waals surface area (Å²) < 4.78 is 10.1. The van der Waals surface area contributed by atoms with Gasteiger partial charge in [0.1, 0.15) is 12.4 Å². The first-order chi connectivity index (χ1) is 9.63. The van der Waals surface area contributed by atoms with Crippen molar-refractivity contribution in [3.63, 3.8) is 0 Å². The molecule has 1 rings (SSSR count). The summed E-state index contributed by atoms with van der Waals surface area (Å²) in [6, 6.07) is -0.458. The summed E-state index contributed by atoms with van der Waals surface area (Å²) in [5.41, 5.74) is 0. The van der Waals surface area contributed by atoms with Gasteiger partial charge in [0.15, 0.2) is 11.6 Å². The third kappa shape index (κ3) is 4.23. The molecule has 0 radical (unpaired) electrons. The van der Waals surface area contributed by atoms with Crippen LogP contribution in [0.15, 0.2) is 6.33 Å². The van der Waals surface area contributed by atoms with Crippen LogP contribution in [0, 0.1) is 0 Å². The second-order valence-corrected chi connectivity index (χ2v) is 4.00. The van der Waals surface area contributed by atoms with Crippen LogP contribution in [0.3, 0.4) is 0 Å². The quantitative estimate of drug-likeness (QED) is 0.582. The van der Waals surface area contributed by atoms with E-state index in [-0.39, 0.29) is 5.91 Å². The maximum absolute atomic E-state index is 11.8. The van der Waals surface area contributed by atoms with E-state index in [0.29, 0.717) is 30.5 Å². The number of hydrogen-bond acceptors (Lipinski definition) is 7. The zero-order chi connectivity index (χ0) is 15.0. The first kappa shape index (κ1) is 16.0. The predicted molar refractivity (Wildman–Crippen MR) is 76.1 cm³/mol. The molecular weight excluding hydrogens is 262 g/mol. The molecule has 8 heteroatoms. The minimum atomic E-state index is -0.458. The lowest BCUT2D eigenvalue weighted by atomic mass is 10.3. The molecule has 1 aromatic heterocycles. The maximum Gasteiger partial charge on any atom is 0.242 e. The molecule has 20 heavy (non-hydrogen) atoms. The highest BCUT2D eigenvalue weighted by Crippen LogP contribution is 2.28. The van der Waals surface area contributed by atoms with E-state index < -0.39 is 6.04 Å². The molecule has 3 N–H and O–H groups in total.